The molecule has 3 aromatic carbocycles. The first-order valence-corrected chi connectivity index (χ1v) is 18.8. The molecule has 3 aromatic rings. The van der Waals surface area contributed by atoms with E-state index in [0.717, 1.165) is 10.8 Å². The average molecular weight is 773 g/mol. The molecule has 1 spiro atoms. The Kier molecular flexibility index (Phi) is 11.3. The zero-order valence-corrected chi connectivity index (χ0v) is 31.1. The highest BCUT2D eigenvalue weighted by Gasteiger charge is 2.77. The van der Waals surface area contributed by atoms with Crippen molar-refractivity contribution in [2.45, 2.75) is 80.3 Å². The molecule has 11 heteroatoms. The van der Waals surface area contributed by atoms with Gasteiger partial charge in [0, 0.05) is 23.5 Å². The molecular weight excluding hydrogens is 726 g/mol. The van der Waals surface area contributed by atoms with Gasteiger partial charge in [0.25, 0.3) is 5.91 Å². The highest BCUT2D eigenvalue weighted by molar-refractivity contribution is 9.09. The zero-order valence-electron chi connectivity index (χ0n) is 29.5. The molecule has 274 valence electrons. The van der Waals surface area contributed by atoms with Crippen LogP contribution < -0.4 is 10.2 Å². The minimum absolute atomic E-state index is 0.161. The van der Waals surface area contributed by atoms with Gasteiger partial charge in [0.15, 0.2) is 0 Å². The van der Waals surface area contributed by atoms with Crippen LogP contribution in [0.25, 0.3) is 10.8 Å². The quantitative estimate of drug-likeness (QED) is 0.117. The summed E-state index contributed by atoms with van der Waals surface area (Å²) in [6.45, 7) is 11.0. The van der Waals surface area contributed by atoms with Crippen molar-refractivity contribution in [1.82, 2.24) is 10.2 Å². The molecule has 9 atom stereocenters. The highest BCUT2D eigenvalue weighted by atomic mass is 79.9. The second-order valence-electron chi connectivity index (χ2n) is 13.9. The normalized spacial score (nSPS) is 26.3. The Hall–Kier alpha value is -4.32. The third-order valence-corrected chi connectivity index (χ3v) is 11.6. The van der Waals surface area contributed by atoms with Crippen LogP contribution in [0.4, 0.5) is 5.69 Å². The number of nitrogens with one attached hydrogen (secondary N) is 1. The van der Waals surface area contributed by atoms with Gasteiger partial charge in [-0.1, -0.05) is 95.7 Å². The van der Waals surface area contributed by atoms with E-state index in [2.05, 4.69) is 34.4 Å². The van der Waals surface area contributed by atoms with Gasteiger partial charge in [-0.25, -0.2) is 0 Å². The standard InChI is InChI=1S/C41H46BrN3O7/c1-5-8-18-32(47)43-25(4)35(27-15-10-9-11-16-27)51-40(50)33-34-38(48)45(29(7-3)24-46)37(41(34)23-31(42)36(33)52-41)39(49)44(21-6-2)30-20-19-26-14-12-13-17-28(26)22-30/h5-6,9-17,19-20,22,25,29,31,33-37,46H,1-2,7-8,18,21,23-24H2,3-4H3,(H,43,47)/t25-,29-,31?,33+,34-,35-,36+,37+,41-/m0/s1. The maximum atomic E-state index is 15.0. The molecule has 3 aliphatic heterocycles. The fourth-order valence-electron chi connectivity index (χ4n) is 8.31. The number of likely N-dealkylation sites (tertiary alicyclic amines) is 1. The van der Waals surface area contributed by atoms with Crippen molar-refractivity contribution in [2.24, 2.45) is 11.8 Å². The van der Waals surface area contributed by atoms with Gasteiger partial charge in [-0.05, 0) is 54.7 Å². The molecule has 6 rings (SSSR count). The lowest BCUT2D eigenvalue weighted by atomic mass is 9.70. The lowest BCUT2D eigenvalue weighted by Gasteiger charge is -2.39. The Bertz CT molecular complexity index is 1830. The third-order valence-electron chi connectivity index (χ3n) is 10.7. The molecule has 3 aliphatic rings. The number of aliphatic hydroxyl groups is 1. The number of alkyl halides is 1. The molecular formula is C41H46BrN3O7. The molecule has 3 saturated heterocycles. The Morgan fingerprint density at radius 3 is 2.48 bits per heavy atom. The van der Waals surface area contributed by atoms with E-state index in [9.17, 15) is 19.5 Å². The van der Waals surface area contributed by atoms with Crippen molar-refractivity contribution in [1.29, 1.82) is 0 Å². The Morgan fingerprint density at radius 1 is 1.10 bits per heavy atom. The summed E-state index contributed by atoms with van der Waals surface area (Å²) in [5.74, 6) is -3.76. The number of rotatable bonds is 15. The predicted molar refractivity (Wildman–Crippen MR) is 203 cm³/mol. The number of aliphatic hydroxyl groups excluding tert-OH is 1. The number of hydrogen-bond donors (Lipinski definition) is 2. The Morgan fingerprint density at radius 2 is 1.81 bits per heavy atom. The topological polar surface area (TPSA) is 125 Å². The van der Waals surface area contributed by atoms with E-state index in [1.165, 1.54) is 4.90 Å². The zero-order chi connectivity index (χ0) is 37.2. The van der Waals surface area contributed by atoms with E-state index in [-0.39, 0.29) is 36.2 Å². The Balaban J connectivity index is 1.37. The lowest BCUT2D eigenvalue weighted by Crippen LogP contribution is -2.59. The summed E-state index contributed by atoms with van der Waals surface area (Å²) in [6.07, 6.45) is 3.09. The molecule has 0 aliphatic carbocycles. The number of benzene rings is 3. The molecule has 2 N–H and O–H groups in total. The number of anilines is 1. The van der Waals surface area contributed by atoms with Gasteiger partial charge < -0.3 is 29.7 Å². The smallest absolute Gasteiger partial charge is 0.313 e. The molecule has 0 radical (unpaired) electrons. The van der Waals surface area contributed by atoms with Gasteiger partial charge in [-0.3, -0.25) is 19.2 Å². The number of ether oxygens (including phenoxy) is 2. The summed E-state index contributed by atoms with van der Waals surface area (Å²) in [4.78, 5) is 59.7. The molecule has 1 unspecified atom stereocenters. The largest absolute Gasteiger partial charge is 0.455 e. The molecule has 10 nitrogen and oxygen atoms in total. The summed E-state index contributed by atoms with van der Waals surface area (Å²) in [7, 11) is 0. The lowest BCUT2D eigenvalue weighted by molar-refractivity contribution is -0.162. The Labute approximate surface area is 313 Å². The first-order chi connectivity index (χ1) is 25.1. The van der Waals surface area contributed by atoms with E-state index in [0.29, 0.717) is 30.5 Å². The fraction of sp³-hybridized carbons (Fsp3) is 0.415. The van der Waals surface area contributed by atoms with Gasteiger partial charge in [-0.15, -0.1) is 13.2 Å². The van der Waals surface area contributed by atoms with E-state index >= 15 is 4.79 Å². The first-order valence-electron chi connectivity index (χ1n) is 17.9. The van der Waals surface area contributed by atoms with Crippen molar-refractivity contribution in [3.8, 4) is 0 Å². The minimum atomic E-state index is -1.37. The SMILES string of the molecule is C=CCCC(=O)N[C@@H](C)[C@H](OC(=O)[C@H]1[C@@H]2O[C@@]3(CC2Br)[C@@H]1C(=O)N([C@@H](CC)CO)[C@@H]3C(=O)N(CC=C)c1ccc2ccccc2c1)c1ccccc1. The van der Waals surface area contributed by atoms with Gasteiger partial charge in [0.1, 0.15) is 17.7 Å². The van der Waals surface area contributed by atoms with Crippen LogP contribution in [0.1, 0.15) is 51.2 Å². The molecule has 52 heavy (non-hydrogen) atoms. The summed E-state index contributed by atoms with van der Waals surface area (Å²) < 4.78 is 13.0. The van der Waals surface area contributed by atoms with Gasteiger partial charge in [0.2, 0.25) is 11.8 Å². The van der Waals surface area contributed by atoms with Crippen LogP contribution in [0.2, 0.25) is 0 Å². The number of amides is 3. The average Bonchev–Trinajstić information content (AvgIpc) is 3.75. The van der Waals surface area contributed by atoms with Gasteiger partial charge in [-0.2, -0.15) is 0 Å². The van der Waals surface area contributed by atoms with Gasteiger partial charge in [0.05, 0.1) is 36.6 Å². The maximum Gasteiger partial charge on any atom is 0.313 e. The first kappa shape index (κ1) is 37.4. The van der Waals surface area contributed by atoms with Crippen LogP contribution >= 0.6 is 15.9 Å². The molecule has 3 fully saturated rings. The molecule has 3 heterocycles. The number of halogens is 1. The number of carbonyl (C=O) groups is 4. The van der Waals surface area contributed by atoms with Crippen LogP contribution in [0.3, 0.4) is 0 Å². The number of allylic oxidation sites excluding steroid dienone is 1. The molecule has 3 amide bonds. The molecule has 2 bridgehead atoms. The summed E-state index contributed by atoms with van der Waals surface area (Å²) in [5, 5.41) is 15.5. The van der Waals surface area contributed by atoms with Crippen LogP contribution in [-0.2, 0) is 28.7 Å². The van der Waals surface area contributed by atoms with E-state index < -0.39 is 59.6 Å². The summed E-state index contributed by atoms with van der Waals surface area (Å²) in [6, 6.07) is 20.3. The number of esters is 1. The van der Waals surface area contributed by atoms with Gasteiger partial charge >= 0.3 is 5.97 Å². The number of carbonyl (C=O) groups excluding carboxylic acids is 4. The fourth-order valence-corrected chi connectivity index (χ4v) is 9.25. The second-order valence-corrected chi connectivity index (χ2v) is 15.1. The van der Waals surface area contributed by atoms with Crippen LogP contribution in [0.15, 0.2) is 98.1 Å². The monoisotopic (exact) mass is 771 g/mol. The van der Waals surface area contributed by atoms with Crippen LogP contribution in [0, 0.1) is 11.8 Å². The molecule has 0 aromatic heterocycles. The summed E-state index contributed by atoms with van der Waals surface area (Å²) in [5.41, 5.74) is -0.0696. The molecule has 0 saturated carbocycles. The van der Waals surface area contributed by atoms with Crippen LogP contribution in [-0.4, -0.2) is 81.5 Å². The van der Waals surface area contributed by atoms with Crippen molar-refractivity contribution < 1.29 is 33.8 Å². The van der Waals surface area contributed by atoms with Crippen molar-refractivity contribution in [3.05, 3.63) is 104 Å². The van der Waals surface area contributed by atoms with E-state index in [1.807, 2.05) is 79.7 Å². The van der Waals surface area contributed by atoms with E-state index in [1.54, 1.807) is 24.0 Å². The maximum absolute atomic E-state index is 15.0. The summed E-state index contributed by atoms with van der Waals surface area (Å²) >= 11 is 3.74. The van der Waals surface area contributed by atoms with E-state index in [4.69, 9.17) is 9.47 Å². The second kappa shape index (κ2) is 15.7. The number of nitrogens with zero attached hydrogens (tertiary/aromatic N) is 2. The predicted octanol–water partition coefficient (Wildman–Crippen LogP) is 5.63. The van der Waals surface area contributed by atoms with Crippen molar-refractivity contribution >= 4 is 56.1 Å². The van der Waals surface area contributed by atoms with Crippen molar-refractivity contribution in [3.63, 3.8) is 0 Å². The number of fused-ring (bicyclic) bond motifs is 2. The van der Waals surface area contributed by atoms with Crippen LogP contribution in [0.5, 0.6) is 0 Å². The van der Waals surface area contributed by atoms with Crippen molar-refractivity contribution in [2.75, 3.05) is 18.1 Å². The third kappa shape index (κ3) is 6.70. The highest BCUT2D eigenvalue weighted by Crippen LogP contribution is 2.61. The minimum Gasteiger partial charge on any atom is -0.455 e. The number of hydrogen-bond acceptors (Lipinski definition) is 7.